The molecule has 0 aliphatic rings. The van der Waals surface area contributed by atoms with Crippen LogP contribution in [-0.2, 0) is 13.0 Å². The molecular formula is C28H32ClN3O2S. The molecular weight excluding hydrogens is 478 g/mol. The van der Waals surface area contributed by atoms with Crippen LogP contribution in [0.15, 0.2) is 53.9 Å². The van der Waals surface area contributed by atoms with Gasteiger partial charge in [-0.1, -0.05) is 36.2 Å². The number of aromatic nitrogens is 2. The number of imidazole rings is 1. The summed E-state index contributed by atoms with van der Waals surface area (Å²) in [7, 11) is 0. The van der Waals surface area contributed by atoms with Gasteiger partial charge >= 0.3 is 0 Å². The standard InChI is InChI=1S/C28H32ClN3O2S/c1-20-18-22(19-21(2)27(20)29)34-16-9-15-32-24-11-6-5-10-23(24)31-26(32)13-4-3-7-14-30-28(33)25-12-8-17-35-25/h5-6,8,10-12,17-19H,3-4,7,9,13-16H2,1-2H3,(H,30,33). The maximum Gasteiger partial charge on any atom is 0.261 e. The largest absolute Gasteiger partial charge is 0.494 e. The lowest BCUT2D eigenvalue weighted by Gasteiger charge is -2.12. The van der Waals surface area contributed by atoms with Crippen LogP contribution < -0.4 is 10.1 Å². The molecule has 184 valence electrons. The molecule has 2 heterocycles. The third-order valence-electron chi connectivity index (χ3n) is 6.05. The average molecular weight is 510 g/mol. The number of benzene rings is 2. The van der Waals surface area contributed by atoms with Crippen LogP contribution in [0, 0.1) is 13.8 Å². The number of nitrogens with one attached hydrogen (secondary N) is 1. The SMILES string of the molecule is Cc1cc(OCCCn2c(CCCCCNC(=O)c3cccs3)nc3ccccc32)cc(C)c1Cl. The lowest BCUT2D eigenvalue weighted by molar-refractivity contribution is 0.0957. The van der Waals surface area contributed by atoms with Crippen LogP contribution >= 0.6 is 22.9 Å². The monoisotopic (exact) mass is 509 g/mol. The van der Waals surface area contributed by atoms with Crippen LogP contribution in [0.2, 0.25) is 5.02 Å². The van der Waals surface area contributed by atoms with Gasteiger partial charge in [-0.05, 0) is 79.9 Å². The molecule has 35 heavy (non-hydrogen) atoms. The zero-order valence-corrected chi connectivity index (χ0v) is 21.9. The van der Waals surface area contributed by atoms with Crippen molar-refractivity contribution in [1.82, 2.24) is 14.9 Å². The van der Waals surface area contributed by atoms with E-state index in [0.717, 1.165) is 76.8 Å². The van der Waals surface area contributed by atoms with E-state index in [4.69, 9.17) is 21.3 Å². The minimum Gasteiger partial charge on any atom is -0.494 e. The molecule has 0 aliphatic carbocycles. The Bertz CT molecular complexity index is 1240. The van der Waals surface area contributed by atoms with E-state index >= 15 is 0 Å². The van der Waals surface area contributed by atoms with E-state index in [2.05, 4.69) is 28.1 Å². The van der Waals surface area contributed by atoms with Gasteiger partial charge in [0.2, 0.25) is 0 Å². The Morgan fingerprint density at radius 3 is 2.63 bits per heavy atom. The number of amides is 1. The van der Waals surface area contributed by atoms with Gasteiger partial charge < -0.3 is 14.6 Å². The summed E-state index contributed by atoms with van der Waals surface area (Å²) in [5.41, 5.74) is 4.28. The first kappa shape index (κ1) is 25.3. The fourth-order valence-electron chi connectivity index (χ4n) is 4.25. The molecule has 2 aromatic heterocycles. The fraction of sp³-hybridized carbons (Fsp3) is 0.357. The Balaban J connectivity index is 1.27. The molecule has 2 aromatic carbocycles. The number of carbonyl (C=O) groups is 1. The highest BCUT2D eigenvalue weighted by Gasteiger charge is 2.11. The van der Waals surface area contributed by atoms with Crippen molar-refractivity contribution in [3.63, 3.8) is 0 Å². The number of thiophene rings is 1. The van der Waals surface area contributed by atoms with E-state index in [9.17, 15) is 4.79 Å². The van der Waals surface area contributed by atoms with Crippen LogP contribution in [0.1, 0.15) is 52.3 Å². The molecule has 4 rings (SSSR count). The van der Waals surface area contributed by atoms with Crippen molar-refractivity contribution in [2.75, 3.05) is 13.2 Å². The zero-order chi connectivity index (χ0) is 24.6. The zero-order valence-electron chi connectivity index (χ0n) is 20.4. The molecule has 0 aliphatic heterocycles. The van der Waals surface area contributed by atoms with Crippen molar-refractivity contribution in [2.24, 2.45) is 0 Å². The topological polar surface area (TPSA) is 56.1 Å². The van der Waals surface area contributed by atoms with E-state index in [0.29, 0.717) is 13.2 Å². The maximum atomic E-state index is 12.0. The van der Waals surface area contributed by atoms with Crippen molar-refractivity contribution in [1.29, 1.82) is 0 Å². The highest BCUT2D eigenvalue weighted by Crippen LogP contribution is 2.26. The van der Waals surface area contributed by atoms with Crippen molar-refractivity contribution >= 4 is 39.9 Å². The smallest absolute Gasteiger partial charge is 0.261 e. The lowest BCUT2D eigenvalue weighted by atomic mass is 10.1. The number of ether oxygens (including phenoxy) is 1. The van der Waals surface area contributed by atoms with Crippen LogP contribution in [0.4, 0.5) is 0 Å². The third-order valence-corrected chi connectivity index (χ3v) is 7.51. The molecule has 0 bridgehead atoms. The first-order chi connectivity index (χ1) is 17.0. The van der Waals surface area contributed by atoms with Gasteiger partial charge in [0.1, 0.15) is 11.6 Å². The number of para-hydroxylation sites is 2. The Hall–Kier alpha value is -2.83. The minimum absolute atomic E-state index is 0.0212. The molecule has 0 saturated carbocycles. The summed E-state index contributed by atoms with van der Waals surface area (Å²) in [4.78, 5) is 17.7. The molecule has 0 radical (unpaired) electrons. The molecule has 0 spiro atoms. The predicted octanol–water partition coefficient (Wildman–Crippen LogP) is 6.98. The van der Waals surface area contributed by atoms with Gasteiger partial charge in [-0.2, -0.15) is 0 Å². The van der Waals surface area contributed by atoms with Crippen molar-refractivity contribution in [3.8, 4) is 5.75 Å². The van der Waals surface area contributed by atoms with E-state index in [-0.39, 0.29) is 5.91 Å². The molecule has 0 unspecified atom stereocenters. The number of hydrogen-bond acceptors (Lipinski definition) is 4. The lowest BCUT2D eigenvalue weighted by Crippen LogP contribution is -2.23. The molecule has 1 amide bonds. The van der Waals surface area contributed by atoms with E-state index < -0.39 is 0 Å². The number of fused-ring (bicyclic) bond motifs is 1. The van der Waals surface area contributed by atoms with Crippen molar-refractivity contribution < 1.29 is 9.53 Å². The highest BCUT2D eigenvalue weighted by atomic mass is 35.5. The second-order valence-electron chi connectivity index (χ2n) is 8.79. The van der Waals surface area contributed by atoms with E-state index in [1.54, 1.807) is 0 Å². The summed E-state index contributed by atoms with van der Waals surface area (Å²) in [6, 6.07) is 16.1. The summed E-state index contributed by atoms with van der Waals surface area (Å²) < 4.78 is 8.35. The van der Waals surface area contributed by atoms with Gasteiger partial charge in [-0.3, -0.25) is 4.79 Å². The first-order valence-corrected chi connectivity index (χ1v) is 13.4. The first-order valence-electron chi connectivity index (χ1n) is 12.2. The molecule has 0 fully saturated rings. The van der Waals surface area contributed by atoms with Crippen molar-refractivity contribution in [3.05, 3.63) is 80.8 Å². The van der Waals surface area contributed by atoms with Gasteiger partial charge in [-0.15, -0.1) is 11.3 Å². The summed E-state index contributed by atoms with van der Waals surface area (Å²) >= 11 is 7.74. The molecule has 0 saturated heterocycles. The van der Waals surface area contributed by atoms with E-state index in [1.807, 2.05) is 49.6 Å². The predicted molar refractivity (Wildman–Crippen MR) is 145 cm³/mol. The molecule has 1 N–H and O–H groups in total. The van der Waals surface area contributed by atoms with Gasteiger partial charge in [0.25, 0.3) is 5.91 Å². The Labute approximate surface area is 216 Å². The number of unbranched alkanes of at least 4 members (excludes halogenated alkanes) is 2. The van der Waals surface area contributed by atoms with Gasteiger partial charge in [0.05, 0.1) is 22.5 Å². The summed E-state index contributed by atoms with van der Waals surface area (Å²) in [5, 5.41) is 5.73. The second-order valence-corrected chi connectivity index (χ2v) is 10.1. The molecule has 0 atom stereocenters. The normalized spacial score (nSPS) is 11.2. The molecule has 5 nitrogen and oxygen atoms in total. The van der Waals surface area contributed by atoms with Crippen LogP contribution in [0.3, 0.4) is 0 Å². The summed E-state index contributed by atoms with van der Waals surface area (Å²) in [5.74, 6) is 2.01. The van der Waals surface area contributed by atoms with Gasteiger partial charge in [-0.25, -0.2) is 4.98 Å². The highest BCUT2D eigenvalue weighted by molar-refractivity contribution is 7.12. The Morgan fingerprint density at radius 2 is 1.86 bits per heavy atom. The van der Waals surface area contributed by atoms with E-state index in [1.165, 1.54) is 16.9 Å². The third kappa shape index (κ3) is 6.65. The maximum absolute atomic E-state index is 12.0. The van der Waals surface area contributed by atoms with Gasteiger partial charge in [0.15, 0.2) is 0 Å². The molecule has 4 aromatic rings. The fourth-order valence-corrected chi connectivity index (χ4v) is 5.00. The van der Waals surface area contributed by atoms with Crippen LogP contribution in [0.5, 0.6) is 5.75 Å². The van der Waals surface area contributed by atoms with Crippen LogP contribution in [0.25, 0.3) is 11.0 Å². The average Bonchev–Trinajstić information content (AvgIpc) is 3.51. The summed E-state index contributed by atoms with van der Waals surface area (Å²) in [6.45, 7) is 6.20. The number of carbonyl (C=O) groups excluding carboxylic acids is 1. The number of halogens is 1. The number of nitrogens with zero attached hydrogens (tertiary/aromatic N) is 2. The Morgan fingerprint density at radius 1 is 1.06 bits per heavy atom. The summed E-state index contributed by atoms with van der Waals surface area (Å²) in [6.07, 6.45) is 4.86. The number of rotatable bonds is 12. The Kier molecular flexibility index (Phi) is 8.83. The van der Waals surface area contributed by atoms with Gasteiger partial charge in [0, 0.05) is 24.5 Å². The van der Waals surface area contributed by atoms with Crippen molar-refractivity contribution in [2.45, 2.75) is 52.5 Å². The van der Waals surface area contributed by atoms with Crippen LogP contribution in [-0.4, -0.2) is 28.6 Å². The number of aryl methyl sites for hydroxylation is 4. The second kappa shape index (κ2) is 12.2. The number of hydrogen-bond donors (Lipinski definition) is 1. The minimum atomic E-state index is 0.0212. The quantitative estimate of drug-likeness (QED) is 0.209. The molecule has 7 heteroatoms.